The lowest BCUT2D eigenvalue weighted by molar-refractivity contribution is -0.157. The van der Waals surface area contributed by atoms with Gasteiger partial charge in [-0.1, -0.05) is 0 Å². The van der Waals surface area contributed by atoms with Crippen molar-refractivity contribution in [1.82, 2.24) is 0 Å². The Morgan fingerprint density at radius 1 is 1.27 bits per heavy atom. The Morgan fingerprint density at radius 2 is 1.67 bits per heavy atom. The van der Waals surface area contributed by atoms with E-state index in [1.807, 2.05) is 0 Å². The van der Waals surface area contributed by atoms with Crippen LogP contribution in [0.15, 0.2) is 0 Å². The van der Waals surface area contributed by atoms with Crippen LogP contribution in [0.3, 0.4) is 0 Å². The summed E-state index contributed by atoms with van der Waals surface area (Å²) in [4.78, 5) is 11.7. The van der Waals surface area contributed by atoms with Crippen molar-refractivity contribution < 1.29 is 17.9 Å². The molecule has 0 saturated heterocycles. The molecule has 0 spiro atoms. The molecule has 0 radical (unpaired) electrons. The predicted octanol–water partition coefficient (Wildman–Crippen LogP) is 0.0901. The number of sulfone groups is 1. The number of nitrogens with two attached hydrogens (primary N) is 1. The second kappa shape index (κ2) is 4.09. The van der Waals surface area contributed by atoms with E-state index in [2.05, 4.69) is 0 Å². The summed E-state index contributed by atoms with van der Waals surface area (Å²) >= 11 is 0. The maximum absolute atomic E-state index is 11.7. The smallest absolute Gasteiger partial charge is 0.329 e. The standard InChI is InChI=1S/C9H19NO4S/c1-8(2,3)14-7(11)9(4,6-10)15(5,12)13/h6,10H2,1-5H3. The van der Waals surface area contributed by atoms with E-state index in [1.54, 1.807) is 20.8 Å². The molecule has 5 nitrogen and oxygen atoms in total. The van der Waals surface area contributed by atoms with Gasteiger partial charge in [-0.3, -0.25) is 4.79 Å². The average molecular weight is 237 g/mol. The first-order chi connectivity index (χ1) is 6.44. The molecule has 0 aromatic heterocycles. The van der Waals surface area contributed by atoms with Gasteiger partial charge in [0, 0.05) is 12.8 Å². The Bertz CT molecular complexity index is 342. The summed E-state index contributed by atoms with van der Waals surface area (Å²) in [5, 5.41) is 0. The molecule has 0 rings (SSSR count). The van der Waals surface area contributed by atoms with Crippen molar-refractivity contribution in [3.8, 4) is 0 Å². The van der Waals surface area contributed by atoms with Crippen LogP contribution in [0.5, 0.6) is 0 Å². The number of hydrogen-bond acceptors (Lipinski definition) is 5. The van der Waals surface area contributed by atoms with E-state index in [9.17, 15) is 13.2 Å². The van der Waals surface area contributed by atoms with Gasteiger partial charge in [0.1, 0.15) is 5.60 Å². The highest BCUT2D eigenvalue weighted by Crippen LogP contribution is 2.20. The third-order valence-corrected chi connectivity index (χ3v) is 4.01. The minimum absolute atomic E-state index is 0.291. The van der Waals surface area contributed by atoms with Gasteiger partial charge in [-0.2, -0.15) is 0 Å². The summed E-state index contributed by atoms with van der Waals surface area (Å²) in [5.74, 6) is -0.806. The lowest BCUT2D eigenvalue weighted by Gasteiger charge is -2.28. The largest absolute Gasteiger partial charge is 0.459 e. The molecule has 0 aliphatic heterocycles. The van der Waals surface area contributed by atoms with Crippen molar-refractivity contribution in [3.05, 3.63) is 0 Å². The van der Waals surface area contributed by atoms with Gasteiger partial charge in [0.25, 0.3) is 0 Å². The summed E-state index contributed by atoms with van der Waals surface area (Å²) in [7, 11) is -3.59. The van der Waals surface area contributed by atoms with Crippen LogP contribution >= 0.6 is 0 Å². The molecule has 0 aromatic rings. The van der Waals surface area contributed by atoms with Gasteiger partial charge in [-0.05, 0) is 27.7 Å². The van der Waals surface area contributed by atoms with Gasteiger partial charge in [0.2, 0.25) is 0 Å². The van der Waals surface area contributed by atoms with Gasteiger partial charge >= 0.3 is 5.97 Å². The number of carbonyl (C=O) groups excluding carboxylic acids is 1. The number of carbonyl (C=O) groups is 1. The zero-order chi connectivity index (χ0) is 12.5. The molecule has 0 bridgehead atoms. The molecule has 2 N–H and O–H groups in total. The monoisotopic (exact) mass is 237 g/mol. The number of esters is 1. The third-order valence-electron chi connectivity index (χ3n) is 2.04. The Labute approximate surface area is 90.9 Å². The summed E-state index contributed by atoms with van der Waals surface area (Å²) in [6, 6.07) is 0. The van der Waals surface area contributed by atoms with Crippen molar-refractivity contribution in [2.75, 3.05) is 12.8 Å². The molecule has 0 aliphatic carbocycles. The van der Waals surface area contributed by atoms with Gasteiger partial charge in [-0.15, -0.1) is 0 Å². The fraction of sp³-hybridized carbons (Fsp3) is 0.889. The van der Waals surface area contributed by atoms with E-state index in [4.69, 9.17) is 10.5 Å². The number of ether oxygens (including phenoxy) is 1. The van der Waals surface area contributed by atoms with Crippen LogP contribution in [0, 0.1) is 0 Å². The third kappa shape index (κ3) is 3.46. The number of hydrogen-bond donors (Lipinski definition) is 1. The molecule has 0 fully saturated rings. The minimum atomic E-state index is -3.59. The molecule has 1 unspecified atom stereocenters. The Kier molecular flexibility index (Phi) is 3.93. The summed E-state index contributed by atoms with van der Waals surface area (Å²) in [5.41, 5.74) is 4.61. The van der Waals surface area contributed by atoms with Crippen LogP contribution in [0.2, 0.25) is 0 Å². The first kappa shape index (κ1) is 14.4. The highest BCUT2D eigenvalue weighted by atomic mass is 32.2. The van der Waals surface area contributed by atoms with E-state index in [-0.39, 0.29) is 6.54 Å². The highest BCUT2D eigenvalue weighted by molar-refractivity contribution is 7.92. The molecule has 0 heterocycles. The van der Waals surface area contributed by atoms with Crippen LogP contribution in [-0.4, -0.2) is 37.5 Å². The lowest BCUT2D eigenvalue weighted by Crippen LogP contribution is -2.52. The Hall–Kier alpha value is -0.620. The van der Waals surface area contributed by atoms with Crippen LogP contribution in [-0.2, 0) is 19.4 Å². The first-order valence-electron chi connectivity index (χ1n) is 4.57. The summed E-state index contributed by atoms with van der Waals surface area (Å²) in [6.07, 6.45) is 0.976. The van der Waals surface area contributed by atoms with Crippen molar-refractivity contribution in [3.63, 3.8) is 0 Å². The predicted molar refractivity (Wildman–Crippen MR) is 58.1 cm³/mol. The Morgan fingerprint density at radius 3 is 1.87 bits per heavy atom. The zero-order valence-corrected chi connectivity index (χ0v) is 10.6. The van der Waals surface area contributed by atoms with Crippen molar-refractivity contribution in [2.24, 2.45) is 5.73 Å². The van der Waals surface area contributed by atoms with Crippen molar-refractivity contribution >= 4 is 15.8 Å². The van der Waals surface area contributed by atoms with Gasteiger partial charge in [0.15, 0.2) is 14.6 Å². The topological polar surface area (TPSA) is 86.5 Å². The van der Waals surface area contributed by atoms with Crippen LogP contribution in [0.1, 0.15) is 27.7 Å². The van der Waals surface area contributed by atoms with E-state index in [1.165, 1.54) is 6.92 Å². The first-order valence-corrected chi connectivity index (χ1v) is 6.46. The quantitative estimate of drug-likeness (QED) is 0.703. The van der Waals surface area contributed by atoms with E-state index >= 15 is 0 Å². The molecule has 0 amide bonds. The fourth-order valence-corrected chi connectivity index (χ4v) is 1.42. The second-order valence-electron chi connectivity index (χ2n) is 4.71. The van der Waals surface area contributed by atoms with Crippen LogP contribution in [0.4, 0.5) is 0 Å². The summed E-state index contributed by atoms with van der Waals surface area (Å²) < 4.78 is 26.2. The van der Waals surface area contributed by atoms with E-state index in [0.29, 0.717) is 0 Å². The minimum Gasteiger partial charge on any atom is -0.459 e. The molecule has 15 heavy (non-hydrogen) atoms. The molecule has 0 aromatic carbocycles. The average Bonchev–Trinajstić information content (AvgIpc) is 1.97. The van der Waals surface area contributed by atoms with Crippen molar-refractivity contribution in [2.45, 2.75) is 38.0 Å². The molecular weight excluding hydrogens is 218 g/mol. The lowest BCUT2D eigenvalue weighted by atomic mass is 10.1. The summed E-state index contributed by atoms with van der Waals surface area (Å²) in [6.45, 7) is 6.00. The molecule has 6 heteroatoms. The zero-order valence-electron chi connectivity index (χ0n) is 9.83. The van der Waals surface area contributed by atoms with Crippen LogP contribution in [0.25, 0.3) is 0 Å². The van der Waals surface area contributed by atoms with Gasteiger partial charge < -0.3 is 10.5 Å². The van der Waals surface area contributed by atoms with Gasteiger partial charge in [0.05, 0.1) is 0 Å². The van der Waals surface area contributed by atoms with E-state index in [0.717, 1.165) is 6.26 Å². The van der Waals surface area contributed by atoms with Crippen molar-refractivity contribution in [1.29, 1.82) is 0 Å². The van der Waals surface area contributed by atoms with Crippen LogP contribution < -0.4 is 5.73 Å². The normalized spacial score (nSPS) is 16.9. The highest BCUT2D eigenvalue weighted by Gasteiger charge is 2.45. The maximum Gasteiger partial charge on any atom is 0.329 e. The van der Waals surface area contributed by atoms with Gasteiger partial charge in [-0.25, -0.2) is 8.42 Å². The molecular formula is C9H19NO4S. The molecule has 90 valence electrons. The molecule has 0 saturated carbocycles. The second-order valence-corrected chi connectivity index (χ2v) is 7.15. The SMILES string of the molecule is CC(C)(C)OC(=O)C(C)(CN)S(C)(=O)=O. The molecule has 0 aliphatic rings. The van der Waals surface area contributed by atoms with E-state index < -0.39 is 26.2 Å². The maximum atomic E-state index is 11.7. The number of rotatable bonds is 3. The fourth-order valence-electron chi connectivity index (χ4n) is 0.772. The molecule has 1 atom stereocenters. The Balaban J connectivity index is 5.10.